The largest absolute Gasteiger partial charge is 0.356 e. The number of guanidine groups is 8. The second-order valence-corrected chi connectivity index (χ2v) is 16.3. The monoisotopic (exact) mass is 1050 g/mol. The van der Waals surface area contributed by atoms with Crippen molar-refractivity contribution in [3.8, 4) is 0 Å². The van der Waals surface area contributed by atoms with E-state index in [1.165, 1.54) is 0 Å². The minimum Gasteiger partial charge on any atom is -0.356 e. The van der Waals surface area contributed by atoms with Crippen LogP contribution in [0.15, 0.2) is 97.1 Å². The molecular formula is C44H62Cl4F2N20. The van der Waals surface area contributed by atoms with Crippen LogP contribution in [0.1, 0.15) is 51.4 Å². The van der Waals surface area contributed by atoms with Crippen LogP contribution >= 0.6 is 46.4 Å². The lowest BCUT2D eigenvalue weighted by Crippen LogP contribution is -2.43. The van der Waals surface area contributed by atoms with E-state index in [1.807, 2.05) is 0 Å². The second-order valence-electron chi connectivity index (χ2n) is 14.6. The van der Waals surface area contributed by atoms with Crippen LogP contribution in [0.25, 0.3) is 0 Å². The molecule has 70 heavy (non-hydrogen) atoms. The molecule has 0 atom stereocenters. The van der Waals surface area contributed by atoms with E-state index in [0.717, 1.165) is 51.4 Å². The molecule has 0 aliphatic rings. The lowest BCUT2D eigenvalue weighted by molar-refractivity contribution is 0.619. The van der Waals surface area contributed by atoms with Gasteiger partial charge in [0.25, 0.3) is 0 Å². The number of halogens is 6. The first-order chi connectivity index (χ1) is 32.6. The van der Waals surface area contributed by atoms with Crippen LogP contribution in [0.3, 0.4) is 0 Å². The summed E-state index contributed by atoms with van der Waals surface area (Å²) < 4.78 is 0. The highest BCUT2D eigenvalue weighted by atomic mass is 35.5. The Morgan fingerprint density at radius 3 is 0.614 bits per heavy atom. The number of benzene rings is 4. The minimum atomic E-state index is -0.00148. The van der Waals surface area contributed by atoms with Gasteiger partial charge in [-0.15, -0.1) is 0 Å². The van der Waals surface area contributed by atoms with Gasteiger partial charge in [-0.3, -0.25) is 74.0 Å². The van der Waals surface area contributed by atoms with E-state index in [-0.39, 0.29) is 57.1 Å². The minimum absolute atomic E-state index is 0. The fraction of sp³-hybridized carbons (Fsp3) is 0.273. The van der Waals surface area contributed by atoms with Gasteiger partial charge in [-0.2, -0.15) is 0 Å². The first kappa shape index (κ1) is 60.9. The van der Waals surface area contributed by atoms with E-state index in [2.05, 4.69) is 63.8 Å². The number of hydrogen-bond acceptors (Lipinski definition) is 8. The van der Waals surface area contributed by atoms with Gasteiger partial charge in [-0.25, -0.2) is 0 Å². The molecule has 4 rings (SSSR count). The van der Waals surface area contributed by atoms with Gasteiger partial charge >= 0.3 is 0 Å². The SMILES string of the molecule is F.F.N=C(NCCCCCCNC(=N)NC(=N)Nc1ccc(Cl)cc1)NC(=N)Nc1ccc(Cl)cc1.N=C(NCCCCCCNC(=N)NC(=N)Nc1ccc(Cl)cc1)NC(=N)Nc1ccc(Cl)cc1. The average molecular weight is 1050 g/mol. The molecule has 0 bridgehead atoms. The van der Waals surface area contributed by atoms with Gasteiger partial charge in [0.2, 0.25) is 0 Å². The maximum Gasteiger partial charge on any atom is 0.199 e. The molecular weight excluding hydrogens is 988 g/mol. The van der Waals surface area contributed by atoms with E-state index in [0.29, 0.717) is 69.0 Å². The van der Waals surface area contributed by atoms with Crippen molar-refractivity contribution in [2.24, 2.45) is 0 Å². The van der Waals surface area contributed by atoms with Crippen molar-refractivity contribution in [1.29, 1.82) is 43.3 Å². The van der Waals surface area contributed by atoms with E-state index in [1.54, 1.807) is 97.1 Å². The molecule has 0 unspecified atom stereocenters. The summed E-state index contributed by atoms with van der Waals surface area (Å²) >= 11 is 23.3. The summed E-state index contributed by atoms with van der Waals surface area (Å²) in [4.78, 5) is 0. The second kappa shape index (κ2) is 35.0. The highest BCUT2D eigenvalue weighted by Crippen LogP contribution is 2.16. The van der Waals surface area contributed by atoms with Gasteiger partial charge in [-0.1, -0.05) is 72.1 Å². The van der Waals surface area contributed by atoms with Crippen LogP contribution in [-0.2, 0) is 0 Å². The van der Waals surface area contributed by atoms with Crippen LogP contribution < -0.4 is 63.8 Å². The number of nitrogens with one attached hydrogen (secondary N) is 20. The standard InChI is InChI=1S/2C22H30Cl2N10.2FH/c2*23-15-5-9-17(10-6-15)31-21(27)33-19(25)29-13-3-1-2-4-14-30-20(26)34-22(28)32-18-11-7-16(24)8-12-18;;/h2*5-12H,1-4,13-14H2,(H5,25,27,29,31,33)(H5,26,28,30,32,34);2*1H. The molecule has 0 aliphatic carbocycles. The van der Waals surface area contributed by atoms with Crippen molar-refractivity contribution in [3.63, 3.8) is 0 Å². The molecule has 0 aliphatic heterocycles. The molecule has 4 aromatic carbocycles. The molecule has 380 valence electrons. The number of anilines is 4. The predicted octanol–water partition coefficient (Wildman–Crippen LogP) is 8.66. The Morgan fingerprint density at radius 2 is 0.443 bits per heavy atom. The molecule has 0 saturated heterocycles. The van der Waals surface area contributed by atoms with Gasteiger partial charge < -0.3 is 42.5 Å². The molecule has 20 nitrogen and oxygen atoms in total. The van der Waals surface area contributed by atoms with E-state index < -0.39 is 0 Å². The molecule has 0 aromatic heterocycles. The normalized spacial score (nSPS) is 9.77. The Hall–Kier alpha value is -7.14. The molecule has 0 heterocycles. The zero-order valence-corrected chi connectivity index (χ0v) is 41.1. The molecule has 20 N–H and O–H groups in total. The highest BCUT2D eigenvalue weighted by molar-refractivity contribution is 6.31. The highest BCUT2D eigenvalue weighted by Gasteiger charge is 2.06. The lowest BCUT2D eigenvalue weighted by atomic mass is 10.2. The summed E-state index contributed by atoms with van der Waals surface area (Å²) in [6.45, 7) is 2.49. The Morgan fingerprint density at radius 1 is 0.271 bits per heavy atom. The first-order valence-electron chi connectivity index (χ1n) is 21.5. The molecule has 0 fully saturated rings. The third kappa shape index (κ3) is 28.9. The maximum atomic E-state index is 7.86. The molecule has 0 amide bonds. The quantitative estimate of drug-likeness (QED) is 0.0253. The number of rotatable bonds is 18. The van der Waals surface area contributed by atoms with Crippen LogP contribution in [0, 0.1) is 43.3 Å². The zero-order chi connectivity index (χ0) is 49.5. The summed E-state index contributed by atoms with van der Waals surface area (Å²) in [5, 5.41) is 99.0. The zero-order valence-electron chi connectivity index (χ0n) is 38.1. The number of unbranched alkanes of at least 4 members (excludes halogenated alkanes) is 6. The van der Waals surface area contributed by atoms with Gasteiger partial charge in [0, 0.05) is 69.0 Å². The molecule has 0 saturated carbocycles. The third-order valence-corrected chi connectivity index (χ3v) is 9.88. The first-order valence-corrected chi connectivity index (χ1v) is 23.0. The van der Waals surface area contributed by atoms with Crippen molar-refractivity contribution in [1.82, 2.24) is 42.5 Å². The molecule has 0 spiro atoms. The molecule has 26 heteroatoms. The fourth-order valence-corrected chi connectivity index (χ4v) is 6.08. The Bertz CT molecular complexity index is 1930. The van der Waals surface area contributed by atoms with Crippen molar-refractivity contribution in [3.05, 3.63) is 117 Å². The van der Waals surface area contributed by atoms with Crippen molar-refractivity contribution in [2.45, 2.75) is 51.4 Å². The van der Waals surface area contributed by atoms with Gasteiger partial charge in [-0.05, 0) is 123 Å². The lowest BCUT2D eigenvalue weighted by Gasteiger charge is -2.13. The Kier molecular flexibility index (Phi) is 30.5. The topological polar surface area (TPSA) is 335 Å². The summed E-state index contributed by atoms with van der Waals surface area (Å²) in [5.74, 6) is 0.225. The van der Waals surface area contributed by atoms with E-state index >= 15 is 0 Å². The van der Waals surface area contributed by atoms with Crippen molar-refractivity contribution < 1.29 is 9.41 Å². The predicted molar refractivity (Wildman–Crippen MR) is 289 cm³/mol. The maximum absolute atomic E-state index is 7.86. The van der Waals surface area contributed by atoms with Crippen LogP contribution in [0.2, 0.25) is 20.1 Å². The van der Waals surface area contributed by atoms with Gasteiger partial charge in [0.1, 0.15) is 0 Å². The van der Waals surface area contributed by atoms with E-state index in [9.17, 15) is 0 Å². The smallest absolute Gasteiger partial charge is 0.199 e. The van der Waals surface area contributed by atoms with Crippen molar-refractivity contribution >= 4 is 117 Å². The Balaban J connectivity index is 0.000000681. The molecule has 4 aromatic rings. The summed E-state index contributed by atoms with van der Waals surface area (Å²) in [7, 11) is 0. The van der Waals surface area contributed by atoms with Crippen LogP contribution in [0.5, 0.6) is 0 Å². The average Bonchev–Trinajstić information content (AvgIpc) is 3.28. The van der Waals surface area contributed by atoms with Gasteiger partial charge in [0.05, 0.1) is 0 Å². The third-order valence-electron chi connectivity index (χ3n) is 8.87. The van der Waals surface area contributed by atoms with Crippen molar-refractivity contribution in [2.75, 3.05) is 47.4 Å². The van der Waals surface area contributed by atoms with E-state index in [4.69, 9.17) is 89.7 Å². The summed E-state index contributed by atoms with van der Waals surface area (Å²) in [6.07, 6.45) is 7.41. The summed E-state index contributed by atoms with van der Waals surface area (Å²) in [6, 6.07) is 27.8. The summed E-state index contributed by atoms with van der Waals surface area (Å²) in [5.41, 5.74) is 2.84. The van der Waals surface area contributed by atoms with Gasteiger partial charge in [0.15, 0.2) is 47.7 Å². The van der Waals surface area contributed by atoms with Crippen LogP contribution in [-0.4, -0.2) is 73.9 Å². The Labute approximate surface area is 426 Å². The molecule has 0 radical (unpaired) electrons. The fourth-order valence-electron chi connectivity index (χ4n) is 5.57. The number of hydrogen-bond donors (Lipinski definition) is 20. The van der Waals surface area contributed by atoms with Crippen LogP contribution in [0.4, 0.5) is 32.2 Å².